The summed E-state index contributed by atoms with van der Waals surface area (Å²) in [4.78, 5) is 26.9. The molecule has 0 aromatic heterocycles. The Bertz CT molecular complexity index is 1120. The van der Waals surface area contributed by atoms with E-state index in [9.17, 15) is 9.59 Å². The van der Waals surface area contributed by atoms with E-state index in [0.717, 1.165) is 5.56 Å². The van der Waals surface area contributed by atoms with Gasteiger partial charge in [-0.1, -0.05) is 35.9 Å². The second kappa shape index (κ2) is 8.47. The SMILES string of the molecule is COc1ccccc1C(=O)Nc1ccc2c(c1)N(Cc1cccc(Cl)c1)C(=O)CO2. The number of hydrogen-bond acceptors (Lipinski definition) is 4. The van der Waals surface area contributed by atoms with Crippen LogP contribution in [0.5, 0.6) is 11.5 Å². The Balaban J connectivity index is 1.61. The van der Waals surface area contributed by atoms with Gasteiger partial charge in [0.15, 0.2) is 6.61 Å². The number of rotatable bonds is 5. The number of carbonyl (C=O) groups is 2. The molecule has 0 radical (unpaired) electrons. The Kier molecular flexibility index (Phi) is 5.59. The van der Waals surface area contributed by atoms with Crippen molar-refractivity contribution in [1.82, 2.24) is 0 Å². The Morgan fingerprint density at radius 3 is 2.77 bits per heavy atom. The monoisotopic (exact) mass is 422 g/mol. The Morgan fingerprint density at radius 2 is 1.97 bits per heavy atom. The van der Waals surface area contributed by atoms with Crippen LogP contribution >= 0.6 is 11.6 Å². The van der Waals surface area contributed by atoms with Crippen molar-refractivity contribution in [2.75, 3.05) is 23.9 Å². The third-order valence-corrected chi connectivity index (χ3v) is 4.98. The summed E-state index contributed by atoms with van der Waals surface area (Å²) >= 11 is 6.08. The molecule has 1 aliphatic rings. The first-order valence-electron chi connectivity index (χ1n) is 9.31. The van der Waals surface area contributed by atoms with Crippen LogP contribution in [0, 0.1) is 0 Å². The molecule has 1 N–H and O–H groups in total. The maximum Gasteiger partial charge on any atom is 0.265 e. The minimum absolute atomic E-state index is 0.0412. The molecule has 3 aromatic rings. The minimum atomic E-state index is -0.308. The van der Waals surface area contributed by atoms with Crippen LogP contribution in [-0.2, 0) is 11.3 Å². The lowest BCUT2D eigenvalue weighted by Crippen LogP contribution is -2.38. The van der Waals surface area contributed by atoms with Crippen molar-refractivity contribution in [2.24, 2.45) is 0 Å². The first-order valence-corrected chi connectivity index (χ1v) is 9.69. The Labute approximate surface area is 179 Å². The number of nitrogens with zero attached hydrogens (tertiary/aromatic N) is 1. The standard InChI is InChI=1S/C23H19ClN2O4/c1-29-20-8-3-2-7-18(20)23(28)25-17-9-10-21-19(12-17)26(22(27)14-30-21)13-15-5-4-6-16(24)11-15/h2-12H,13-14H2,1H3,(H,25,28). The maximum absolute atomic E-state index is 12.7. The average molecular weight is 423 g/mol. The van der Waals surface area contributed by atoms with E-state index in [1.54, 1.807) is 53.4 Å². The minimum Gasteiger partial charge on any atom is -0.496 e. The van der Waals surface area contributed by atoms with Crippen molar-refractivity contribution < 1.29 is 19.1 Å². The lowest BCUT2D eigenvalue weighted by Gasteiger charge is -2.30. The highest BCUT2D eigenvalue weighted by Gasteiger charge is 2.26. The van der Waals surface area contributed by atoms with E-state index < -0.39 is 0 Å². The summed E-state index contributed by atoms with van der Waals surface area (Å²) in [5.74, 6) is 0.577. The molecule has 1 heterocycles. The largest absolute Gasteiger partial charge is 0.496 e. The van der Waals surface area contributed by atoms with Gasteiger partial charge in [0.05, 0.1) is 24.9 Å². The molecule has 2 amide bonds. The molecule has 30 heavy (non-hydrogen) atoms. The van der Waals surface area contributed by atoms with E-state index >= 15 is 0 Å². The van der Waals surface area contributed by atoms with E-state index in [1.165, 1.54) is 7.11 Å². The molecule has 4 rings (SSSR count). The fourth-order valence-electron chi connectivity index (χ4n) is 3.30. The number of para-hydroxylation sites is 1. The van der Waals surface area contributed by atoms with Gasteiger partial charge in [0.1, 0.15) is 11.5 Å². The van der Waals surface area contributed by atoms with Crippen LogP contribution in [0.2, 0.25) is 5.02 Å². The van der Waals surface area contributed by atoms with Gasteiger partial charge in [-0.3, -0.25) is 9.59 Å². The summed E-state index contributed by atoms with van der Waals surface area (Å²) in [6, 6.07) is 19.5. The maximum atomic E-state index is 12.7. The van der Waals surface area contributed by atoms with Gasteiger partial charge in [-0.2, -0.15) is 0 Å². The Morgan fingerprint density at radius 1 is 1.13 bits per heavy atom. The molecule has 0 atom stereocenters. The van der Waals surface area contributed by atoms with Gasteiger partial charge in [0.25, 0.3) is 11.8 Å². The van der Waals surface area contributed by atoms with Gasteiger partial charge in [-0.25, -0.2) is 0 Å². The molecule has 6 nitrogen and oxygen atoms in total. The van der Waals surface area contributed by atoms with Crippen LogP contribution in [0.1, 0.15) is 15.9 Å². The molecular weight excluding hydrogens is 404 g/mol. The topological polar surface area (TPSA) is 67.9 Å². The molecule has 0 fully saturated rings. The zero-order valence-electron chi connectivity index (χ0n) is 16.2. The van der Waals surface area contributed by atoms with Crippen molar-refractivity contribution in [3.63, 3.8) is 0 Å². The summed E-state index contributed by atoms with van der Waals surface area (Å²) in [6.45, 7) is 0.306. The second-order valence-electron chi connectivity index (χ2n) is 6.74. The molecule has 0 saturated heterocycles. The van der Waals surface area contributed by atoms with Crippen LogP contribution in [0.3, 0.4) is 0 Å². The lowest BCUT2D eigenvalue weighted by molar-refractivity contribution is -0.121. The number of anilines is 2. The van der Waals surface area contributed by atoms with Crippen LogP contribution in [0.25, 0.3) is 0 Å². The average Bonchev–Trinajstić information content (AvgIpc) is 2.76. The van der Waals surface area contributed by atoms with Gasteiger partial charge in [-0.15, -0.1) is 0 Å². The summed E-state index contributed by atoms with van der Waals surface area (Å²) in [5.41, 5.74) is 2.44. The molecular formula is C23H19ClN2O4. The van der Waals surface area contributed by atoms with Crippen LogP contribution in [-0.4, -0.2) is 25.5 Å². The summed E-state index contributed by atoms with van der Waals surface area (Å²) in [6.07, 6.45) is 0. The molecule has 0 unspecified atom stereocenters. The number of hydrogen-bond donors (Lipinski definition) is 1. The third kappa shape index (κ3) is 4.09. The van der Waals surface area contributed by atoms with Gasteiger partial charge in [-0.05, 0) is 48.0 Å². The fraction of sp³-hybridized carbons (Fsp3) is 0.130. The van der Waals surface area contributed by atoms with E-state index in [4.69, 9.17) is 21.1 Å². The van der Waals surface area contributed by atoms with Crippen molar-refractivity contribution in [2.45, 2.75) is 6.54 Å². The highest BCUT2D eigenvalue weighted by Crippen LogP contribution is 2.36. The zero-order chi connectivity index (χ0) is 21.1. The number of carbonyl (C=O) groups excluding carboxylic acids is 2. The molecule has 3 aromatic carbocycles. The van der Waals surface area contributed by atoms with E-state index in [-0.39, 0.29) is 18.4 Å². The predicted octanol–water partition coefficient (Wildman–Crippen LogP) is 4.53. The molecule has 0 aliphatic carbocycles. The molecule has 7 heteroatoms. The number of amides is 2. The quantitative estimate of drug-likeness (QED) is 0.656. The van der Waals surface area contributed by atoms with Gasteiger partial charge in [0, 0.05) is 10.7 Å². The van der Waals surface area contributed by atoms with Gasteiger partial charge >= 0.3 is 0 Å². The number of benzene rings is 3. The summed E-state index contributed by atoms with van der Waals surface area (Å²) < 4.78 is 10.8. The summed E-state index contributed by atoms with van der Waals surface area (Å²) in [7, 11) is 1.52. The molecule has 0 bridgehead atoms. The zero-order valence-corrected chi connectivity index (χ0v) is 17.0. The molecule has 0 spiro atoms. The van der Waals surface area contributed by atoms with E-state index in [2.05, 4.69) is 5.32 Å². The van der Waals surface area contributed by atoms with Crippen molar-refractivity contribution in [3.8, 4) is 11.5 Å². The Hall–Kier alpha value is -3.51. The predicted molar refractivity (Wildman–Crippen MR) is 116 cm³/mol. The molecule has 1 aliphatic heterocycles. The van der Waals surface area contributed by atoms with Crippen LogP contribution in [0.15, 0.2) is 66.7 Å². The van der Waals surface area contributed by atoms with E-state index in [1.807, 2.05) is 18.2 Å². The normalized spacial score (nSPS) is 12.7. The third-order valence-electron chi connectivity index (χ3n) is 4.74. The van der Waals surface area contributed by atoms with Crippen LogP contribution < -0.4 is 19.7 Å². The van der Waals surface area contributed by atoms with E-state index in [0.29, 0.717) is 40.0 Å². The molecule has 152 valence electrons. The summed E-state index contributed by atoms with van der Waals surface area (Å²) in [5, 5.41) is 3.46. The first kappa shape index (κ1) is 19.8. The first-order chi connectivity index (χ1) is 14.5. The number of methoxy groups -OCH3 is 1. The van der Waals surface area contributed by atoms with Gasteiger partial charge in [0.2, 0.25) is 0 Å². The number of fused-ring (bicyclic) bond motifs is 1. The van der Waals surface area contributed by atoms with Crippen molar-refractivity contribution in [3.05, 3.63) is 82.9 Å². The number of nitrogens with one attached hydrogen (secondary N) is 1. The highest BCUT2D eigenvalue weighted by atomic mass is 35.5. The number of halogens is 1. The number of ether oxygens (including phenoxy) is 2. The van der Waals surface area contributed by atoms with Crippen molar-refractivity contribution >= 4 is 34.8 Å². The smallest absolute Gasteiger partial charge is 0.265 e. The molecule has 0 saturated carbocycles. The second-order valence-corrected chi connectivity index (χ2v) is 7.17. The van der Waals surface area contributed by atoms with Gasteiger partial charge < -0.3 is 19.7 Å². The fourth-order valence-corrected chi connectivity index (χ4v) is 3.51. The highest BCUT2D eigenvalue weighted by molar-refractivity contribution is 6.30. The van der Waals surface area contributed by atoms with Crippen molar-refractivity contribution in [1.29, 1.82) is 0 Å². The van der Waals surface area contributed by atoms with Crippen LogP contribution in [0.4, 0.5) is 11.4 Å². The lowest BCUT2D eigenvalue weighted by atomic mass is 10.1.